The number of fused-ring (bicyclic) bond motifs is 1. The molecule has 0 saturated carbocycles. The van der Waals surface area contributed by atoms with Gasteiger partial charge in [0.15, 0.2) is 0 Å². The third-order valence-electron chi connectivity index (χ3n) is 4.05. The standard InChI is InChI=1S/C19H17N3O3S/c23-17(20-15-10-11-24-16-9-5-4-8-14(15)16)12-26-19-22-21-18(25-19)13-6-2-1-3-7-13/h1-9,15H,10-12H2,(H,20,23). The quantitative estimate of drug-likeness (QED) is 0.696. The Kier molecular flexibility index (Phi) is 4.88. The number of carbonyl (C=O) groups is 1. The first-order valence-electron chi connectivity index (χ1n) is 8.32. The third kappa shape index (κ3) is 3.72. The van der Waals surface area contributed by atoms with Crippen molar-refractivity contribution in [1.29, 1.82) is 0 Å². The van der Waals surface area contributed by atoms with E-state index in [0.29, 0.717) is 17.7 Å². The molecule has 6 nitrogen and oxygen atoms in total. The van der Waals surface area contributed by atoms with Gasteiger partial charge in [0.2, 0.25) is 11.8 Å². The molecule has 26 heavy (non-hydrogen) atoms. The lowest BCUT2D eigenvalue weighted by atomic mass is 10.0. The molecule has 1 N–H and O–H groups in total. The molecule has 4 rings (SSSR count). The Bertz CT molecular complexity index is 898. The topological polar surface area (TPSA) is 77.2 Å². The van der Waals surface area contributed by atoms with E-state index < -0.39 is 0 Å². The van der Waals surface area contributed by atoms with Crippen LogP contribution in [0.25, 0.3) is 11.5 Å². The minimum atomic E-state index is -0.0730. The molecule has 1 aromatic heterocycles. The van der Waals surface area contributed by atoms with Gasteiger partial charge >= 0.3 is 0 Å². The minimum absolute atomic E-state index is 0.0318. The molecule has 132 valence electrons. The van der Waals surface area contributed by atoms with Gasteiger partial charge in [-0.1, -0.05) is 48.2 Å². The van der Waals surface area contributed by atoms with Crippen LogP contribution < -0.4 is 10.1 Å². The number of amides is 1. The summed E-state index contributed by atoms with van der Waals surface area (Å²) in [6.45, 7) is 0.596. The highest BCUT2D eigenvalue weighted by atomic mass is 32.2. The molecule has 2 aromatic carbocycles. The van der Waals surface area contributed by atoms with Crippen molar-refractivity contribution in [2.24, 2.45) is 0 Å². The van der Waals surface area contributed by atoms with Crippen molar-refractivity contribution in [3.63, 3.8) is 0 Å². The number of nitrogens with zero attached hydrogens (tertiary/aromatic N) is 2. The highest BCUT2D eigenvalue weighted by Gasteiger charge is 2.22. The first-order valence-corrected chi connectivity index (χ1v) is 9.31. The van der Waals surface area contributed by atoms with Crippen LogP contribution in [0, 0.1) is 0 Å². The Morgan fingerprint density at radius 2 is 1.92 bits per heavy atom. The SMILES string of the molecule is O=C(CSc1nnc(-c2ccccc2)o1)NC1CCOc2ccccc21. The molecule has 1 amide bonds. The van der Waals surface area contributed by atoms with Crippen molar-refractivity contribution in [3.05, 3.63) is 60.2 Å². The Morgan fingerprint density at radius 3 is 2.81 bits per heavy atom. The number of benzene rings is 2. The van der Waals surface area contributed by atoms with E-state index in [0.717, 1.165) is 23.3 Å². The Morgan fingerprint density at radius 1 is 1.12 bits per heavy atom. The Labute approximate surface area is 155 Å². The minimum Gasteiger partial charge on any atom is -0.493 e. The van der Waals surface area contributed by atoms with E-state index in [1.54, 1.807) is 0 Å². The predicted octanol–water partition coefficient (Wildman–Crippen LogP) is 3.47. The van der Waals surface area contributed by atoms with Gasteiger partial charge in [-0.05, 0) is 18.2 Å². The summed E-state index contributed by atoms with van der Waals surface area (Å²) in [7, 11) is 0. The largest absolute Gasteiger partial charge is 0.493 e. The molecule has 7 heteroatoms. The molecule has 0 saturated heterocycles. The van der Waals surface area contributed by atoms with E-state index >= 15 is 0 Å². The number of para-hydroxylation sites is 1. The molecular weight excluding hydrogens is 350 g/mol. The van der Waals surface area contributed by atoms with E-state index in [4.69, 9.17) is 9.15 Å². The third-order valence-corrected chi connectivity index (χ3v) is 4.87. The van der Waals surface area contributed by atoms with Crippen LogP contribution in [0.1, 0.15) is 18.0 Å². The summed E-state index contributed by atoms with van der Waals surface area (Å²) in [6, 6.07) is 17.3. The van der Waals surface area contributed by atoms with E-state index in [9.17, 15) is 4.79 Å². The van der Waals surface area contributed by atoms with Crippen LogP contribution in [0.4, 0.5) is 0 Å². The summed E-state index contributed by atoms with van der Waals surface area (Å²) in [4.78, 5) is 12.3. The Hall–Kier alpha value is -2.80. The maximum atomic E-state index is 12.3. The number of aromatic nitrogens is 2. The first kappa shape index (κ1) is 16.7. The van der Waals surface area contributed by atoms with Gasteiger partial charge in [0.05, 0.1) is 18.4 Å². The number of rotatable bonds is 5. The molecule has 0 fully saturated rings. The van der Waals surface area contributed by atoms with E-state index in [1.807, 2.05) is 54.6 Å². The molecule has 2 heterocycles. The normalized spacial score (nSPS) is 15.8. The van der Waals surface area contributed by atoms with Gasteiger partial charge in [-0.3, -0.25) is 4.79 Å². The lowest BCUT2D eigenvalue weighted by Crippen LogP contribution is -2.33. The number of hydrogen-bond acceptors (Lipinski definition) is 6. The second kappa shape index (κ2) is 7.61. The lowest BCUT2D eigenvalue weighted by molar-refractivity contribution is -0.119. The number of hydrogen-bond donors (Lipinski definition) is 1. The number of ether oxygens (including phenoxy) is 1. The molecule has 1 atom stereocenters. The molecule has 1 aliphatic heterocycles. The smallest absolute Gasteiger partial charge is 0.277 e. The summed E-state index contributed by atoms with van der Waals surface area (Å²) in [5.74, 6) is 1.43. The molecule has 0 radical (unpaired) electrons. The van der Waals surface area contributed by atoms with E-state index in [1.165, 1.54) is 11.8 Å². The molecule has 1 unspecified atom stereocenters. The van der Waals surface area contributed by atoms with Crippen molar-refractivity contribution in [1.82, 2.24) is 15.5 Å². The van der Waals surface area contributed by atoms with Crippen LogP contribution in [-0.2, 0) is 4.79 Å². The van der Waals surface area contributed by atoms with Gasteiger partial charge in [0.1, 0.15) is 5.75 Å². The summed E-state index contributed by atoms with van der Waals surface area (Å²) in [5.41, 5.74) is 1.87. The Balaban J connectivity index is 1.35. The van der Waals surface area contributed by atoms with Crippen LogP contribution in [0.15, 0.2) is 64.2 Å². The number of thioether (sulfide) groups is 1. The van der Waals surface area contributed by atoms with Crippen LogP contribution in [0.3, 0.4) is 0 Å². The fourth-order valence-electron chi connectivity index (χ4n) is 2.82. The average molecular weight is 367 g/mol. The van der Waals surface area contributed by atoms with Gasteiger partial charge in [-0.25, -0.2) is 0 Å². The van der Waals surface area contributed by atoms with Gasteiger partial charge in [-0.2, -0.15) is 0 Å². The van der Waals surface area contributed by atoms with Crippen LogP contribution in [-0.4, -0.2) is 28.5 Å². The van der Waals surface area contributed by atoms with Crippen LogP contribution in [0.5, 0.6) is 5.75 Å². The molecule has 1 aliphatic rings. The molecule has 0 aliphatic carbocycles. The van der Waals surface area contributed by atoms with E-state index in [-0.39, 0.29) is 17.7 Å². The molecule has 0 bridgehead atoms. The summed E-state index contributed by atoms with van der Waals surface area (Å²) < 4.78 is 11.2. The van der Waals surface area contributed by atoms with E-state index in [2.05, 4.69) is 15.5 Å². The predicted molar refractivity (Wildman–Crippen MR) is 97.9 cm³/mol. The monoisotopic (exact) mass is 367 g/mol. The van der Waals surface area contributed by atoms with Crippen LogP contribution in [0.2, 0.25) is 0 Å². The van der Waals surface area contributed by atoms with Gasteiger partial charge < -0.3 is 14.5 Å². The second-order valence-electron chi connectivity index (χ2n) is 5.82. The van der Waals surface area contributed by atoms with Crippen molar-refractivity contribution in [2.45, 2.75) is 17.7 Å². The zero-order valence-corrected chi connectivity index (χ0v) is 14.7. The number of carbonyl (C=O) groups excluding carboxylic acids is 1. The first-order chi connectivity index (χ1) is 12.8. The second-order valence-corrected chi connectivity index (χ2v) is 6.75. The van der Waals surface area contributed by atoms with Crippen LogP contribution >= 0.6 is 11.8 Å². The zero-order chi connectivity index (χ0) is 17.8. The van der Waals surface area contributed by atoms with Crippen molar-refractivity contribution < 1.29 is 13.9 Å². The molecule has 0 spiro atoms. The lowest BCUT2D eigenvalue weighted by Gasteiger charge is -2.26. The maximum absolute atomic E-state index is 12.3. The highest BCUT2D eigenvalue weighted by Crippen LogP contribution is 2.31. The van der Waals surface area contributed by atoms with Gasteiger partial charge in [-0.15, -0.1) is 10.2 Å². The number of nitrogens with one attached hydrogen (secondary N) is 1. The van der Waals surface area contributed by atoms with Crippen molar-refractivity contribution >= 4 is 17.7 Å². The summed E-state index contributed by atoms with van der Waals surface area (Å²) in [5, 5.41) is 11.5. The summed E-state index contributed by atoms with van der Waals surface area (Å²) >= 11 is 1.23. The van der Waals surface area contributed by atoms with Crippen molar-refractivity contribution in [3.8, 4) is 17.2 Å². The maximum Gasteiger partial charge on any atom is 0.277 e. The fourth-order valence-corrected chi connectivity index (χ4v) is 3.40. The average Bonchev–Trinajstić information content (AvgIpc) is 3.17. The summed E-state index contributed by atoms with van der Waals surface area (Å²) in [6.07, 6.45) is 0.756. The molecule has 3 aromatic rings. The van der Waals surface area contributed by atoms with Crippen molar-refractivity contribution in [2.75, 3.05) is 12.4 Å². The fraction of sp³-hybridized carbons (Fsp3) is 0.211. The highest BCUT2D eigenvalue weighted by molar-refractivity contribution is 7.99. The van der Waals surface area contributed by atoms with Gasteiger partial charge in [0, 0.05) is 17.5 Å². The zero-order valence-electron chi connectivity index (χ0n) is 13.9. The molecular formula is C19H17N3O3S. The van der Waals surface area contributed by atoms with Gasteiger partial charge in [0.25, 0.3) is 5.22 Å².